The van der Waals surface area contributed by atoms with Crippen molar-refractivity contribution in [2.24, 2.45) is 5.10 Å². The maximum absolute atomic E-state index is 11.9. The molecule has 0 saturated heterocycles. The molecular formula is C15H18N2O3. The molecule has 2 rings (SSSR count). The molecule has 0 unspecified atom stereocenters. The summed E-state index contributed by atoms with van der Waals surface area (Å²) in [4.78, 5) is 23.3. The average molecular weight is 274 g/mol. The standard InChI is InChI=1S/C15H18N2O3/c1-2-20-15(19)11-9-12-8-10-14(18)17(16-12)13-6-4-3-5-7-13/h3-7H,2,8-11H2,1H3. The number of nitrogens with zero attached hydrogens (tertiary/aromatic N) is 2. The molecule has 1 aliphatic rings. The van der Waals surface area contributed by atoms with Crippen LogP contribution in [0.5, 0.6) is 0 Å². The number of hydrazone groups is 1. The largest absolute Gasteiger partial charge is 0.466 e. The highest BCUT2D eigenvalue weighted by Gasteiger charge is 2.22. The maximum Gasteiger partial charge on any atom is 0.306 e. The van der Waals surface area contributed by atoms with E-state index in [9.17, 15) is 9.59 Å². The highest BCUT2D eigenvalue weighted by atomic mass is 16.5. The van der Waals surface area contributed by atoms with E-state index in [4.69, 9.17) is 4.74 Å². The number of anilines is 1. The van der Waals surface area contributed by atoms with Crippen molar-refractivity contribution in [2.75, 3.05) is 11.6 Å². The summed E-state index contributed by atoms with van der Waals surface area (Å²) in [7, 11) is 0. The third kappa shape index (κ3) is 3.66. The second kappa shape index (κ2) is 6.84. The number of para-hydroxylation sites is 1. The van der Waals surface area contributed by atoms with Gasteiger partial charge in [-0.25, -0.2) is 5.01 Å². The highest BCUT2D eigenvalue weighted by Crippen LogP contribution is 2.20. The Morgan fingerprint density at radius 1 is 1.30 bits per heavy atom. The van der Waals surface area contributed by atoms with Crippen molar-refractivity contribution >= 4 is 23.3 Å². The quantitative estimate of drug-likeness (QED) is 0.775. The Kier molecular flexibility index (Phi) is 4.87. The van der Waals surface area contributed by atoms with E-state index in [2.05, 4.69) is 5.10 Å². The maximum atomic E-state index is 11.9. The number of esters is 1. The van der Waals surface area contributed by atoms with Crippen molar-refractivity contribution in [1.29, 1.82) is 0 Å². The van der Waals surface area contributed by atoms with Gasteiger partial charge in [0.15, 0.2) is 0 Å². The van der Waals surface area contributed by atoms with E-state index in [0.29, 0.717) is 32.3 Å². The first kappa shape index (κ1) is 14.2. The number of ether oxygens (including phenoxy) is 1. The van der Waals surface area contributed by atoms with Crippen molar-refractivity contribution in [3.63, 3.8) is 0 Å². The predicted octanol–water partition coefficient (Wildman–Crippen LogP) is 2.51. The van der Waals surface area contributed by atoms with Gasteiger partial charge in [-0.15, -0.1) is 0 Å². The molecule has 0 saturated carbocycles. The van der Waals surface area contributed by atoms with E-state index in [-0.39, 0.29) is 11.9 Å². The van der Waals surface area contributed by atoms with Crippen LogP contribution in [0.15, 0.2) is 35.4 Å². The van der Waals surface area contributed by atoms with Gasteiger partial charge >= 0.3 is 5.97 Å². The smallest absolute Gasteiger partial charge is 0.306 e. The van der Waals surface area contributed by atoms with Gasteiger partial charge in [0.05, 0.1) is 18.7 Å². The van der Waals surface area contributed by atoms with Gasteiger partial charge in [0.2, 0.25) is 5.91 Å². The van der Waals surface area contributed by atoms with Crippen LogP contribution in [0.2, 0.25) is 0 Å². The van der Waals surface area contributed by atoms with E-state index < -0.39 is 0 Å². The average Bonchev–Trinajstić information content (AvgIpc) is 2.47. The molecule has 1 amide bonds. The fraction of sp³-hybridized carbons (Fsp3) is 0.400. The fourth-order valence-corrected chi connectivity index (χ4v) is 2.03. The number of amides is 1. The first-order chi connectivity index (χ1) is 9.70. The van der Waals surface area contributed by atoms with Crippen LogP contribution < -0.4 is 5.01 Å². The zero-order valence-electron chi connectivity index (χ0n) is 11.5. The molecule has 0 aliphatic carbocycles. The molecule has 0 N–H and O–H groups in total. The Hall–Kier alpha value is -2.17. The van der Waals surface area contributed by atoms with E-state index in [0.717, 1.165) is 11.4 Å². The number of benzene rings is 1. The lowest BCUT2D eigenvalue weighted by molar-refractivity contribution is -0.142. The van der Waals surface area contributed by atoms with Crippen LogP contribution in [-0.4, -0.2) is 24.2 Å². The second-order valence-electron chi connectivity index (χ2n) is 4.51. The SMILES string of the molecule is CCOC(=O)CCC1=NN(c2ccccc2)C(=O)CC1. The monoisotopic (exact) mass is 274 g/mol. The van der Waals surface area contributed by atoms with E-state index >= 15 is 0 Å². The molecule has 0 fully saturated rings. The van der Waals surface area contributed by atoms with Gasteiger partial charge in [0.25, 0.3) is 0 Å². The third-order valence-corrected chi connectivity index (χ3v) is 3.03. The van der Waals surface area contributed by atoms with Crippen molar-refractivity contribution in [3.05, 3.63) is 30.3 Å². The topological polar surface area (TPSA) is 59.0 Å². The number of hydrogen-bond donors (Lipinski definition) is 0. The molecule has 0 aromatic heterocycles. The van der Waals surface area contributed by atoms with Crippen molar-refractivity contribution < 1.29 is 14.3 Å². The minimum atomic E-state index is -0.224. The summed E-state index contributed by atoms with van der Waals surface area (Å²) in [6.07, 6.45) is 1.89. The molecular weight excluding hydrogens is 256 g/mol. The Balaban J connectivity index is 2.03. The summed E-state index contributed by atoms with van der Waals surface area (Å²) in [5.41, 5.74) is 1.62. The van der Waals surface area contributed by atoms with Crippen molar-refractivity contribution in [3.8, 4) is 0 Å². The van der Waals surface area contributed by atoms with Crippen LogP contribution in [0.1, 0.15) is 32.6 Å². The summed E-state index contributed by atoms with van der Waals surface area (Å²) >= 11 is 0. The number of hydrogen-bond acceptors (Lipinski definition) is 4. The molecule has 1 aromatic rings. The molecule has 106 valence electrons. The normalized spacial score (nSPS) is 14.9. The van der Waals surface area contributed by atoms with Gasteiger partial charge < -0.3 is 4.74 Å². The lowest BCUT2D eigenvalue weighted by atomic mass is 10.1. The lowest BCUT2D eigenvalue weighted by Gasteiger charge is -2.23. The minimum Gasteiger partial charge on any atom is -0.466 e. The van der Waals surface area contributed by atoms with Gasteiger partial charge in [0, 0.05) is 12.1 Å². The molecule has 0 atom stereocenters. The molecule has 0 spiro atoms. The molecule has 0 bridgehead atoms. The Morgan fingerprint density at radius 2 is 2.05 bits per heavy atom. The zero-order chi connectivity index (χ0) is 14.4. The van der Waals surface area contributed by atoms with Gasteiger partial charge in [-0.2, -0.15) is 5.10 Å². The molecule has 5 heteroatoms. The summed E-state index contributed by atoms with van der Waals surface area (Å²) < 4.78 is 4.89. The summed E-state index contributed by atoms with van der Waals surface area (Å²) in [6.45, 7) is 2.17. The lowest BCUT2D eigenvalue weighted by Crippen LogP contribution is -2.31. The minimum absolute atomic E-state index is 0.0175. The Labute approximate surface area is 118 Å². The fourth-order valence-electron chi connectivity index (χ4n) is 2.03. The van der Waals surface area contributed by atoms with Crippen LogP contribution in [0.4, 0.5) is 5.69 Å². The highest BCUT2D eigenvalue weighted by molar-refractivity contribution is 6.02. The van der Waals surface area contributed by atoms with Crippen LogP contribution in [-0.2, 0) is 14.3 Å². The first-order valence-corrected chi connectivity index (χ1v) is 6.80. The summed E-state index contributed by atoms with van der Waals surface area (Å²) in [6, 6.07) is 9.31. The first-order valence-electron chi connectivity index (χ1n) is 6.80. The molecule has 1 aliphatic heterocycles. The van der Waals surface area contributed by atoms with Gasteiger partial charge in [-0.05, 0) is 31.9 Å². The van der Waals surface area contributed by atoms with Crippen LogP contribution in [0.25, 0.3) is 0 Å². The number of carbonyl (C=O) groups excluding carboxylic acids is 2. The number of rotatable bonds is 5. The van der Waals surface area contributed by atoms with E-state index in [1.54, 1.807) is 6.92 Å². The zero-order valence-corrected chi connectivity index (χ0v) is 11.5. The van der Waals surface area contributed by atoms with Crippen molar-refractivity contribution in [2.45, 2.75) is 32.6 Å². The Bertz CT molecular complexity index is 511. The predicted molar refractivity (Wildman–Crippen MR) is 76.5 cm³/mol. The molecule has 1 aromatic carbocycles. The molecule has 0 radical (unpaired) electrons. The van der Waals surface area contributed by atoms with E-state index in [1.807, 2.05) is 30.3 Å². The van der Waals surface area contributed by atoms with Crippen LogP contribution >= 0.6 is 0 Å². The molecule has 20 heavy (non-hydrogen) atoms. The van der Waals surface area contributed by atoms with Crippen LogP contribution in [0, 0.1) is 0 Å². The van der Waals surface area contributed by atoms with Gasteiger partial charge in [-0.3, -0.25) is 9.59 Å². The molecule has 5 nitrogen and oxygen atoms in total. The van der Waals surface area contributed by atoms with Gasteiger partial charge in [-0.1, -0.05) is 18.2 Å². The third-order valence-electron chi connectivity index (χ3n) is 3.03. The number of carbonyl (C=O) groups is 2. The molecule has 1 heterocycles. The van der Waals surface area contributed by atoms with Crippen LogP contribution in [0.3, 0.4) is 0 Å². The Morgan fingerprint density at radius 3 is 2.75 bits per heavy atom. The second-order valence-corrected chi connectivity index (χ2v) is 4.51. The van der Waals surface area contributed by atoms with Crippen molar-refractivity contribution in [1.82, 2.24) is 0 Å². The van der Waals surface area contributed by atoms with E-state index in [1.165, 1.54) is 5.01 Å². The van der Waals surface area contributed by atoms with Gasteiger partial charge in [0.1, 0.15) is 0 Å². The summed E-state index contributed by atoms with van der Waals surface area (Å²) in [5, 5.41) is 5.78. The summed E-state index contributed by atoms with van der Waals surface area (Å²) in [5.74, 6) is -0.241.